The van der Waals surface area contributed by atoms with Crippen LogP contribution in [0.4, 0.5) is 15.8 Å². The van der Waals surface area contributed by atoms with Crippen molar-refractivity contribution in [3.63, 3.8) is 0 Å². The standard InChI is InChI=1S/C34H39FN6O.CH4O/c1-24-16-25(10-12-37-24)20-40(29-7-5-15-39(23-29)28-6-4-11-36-19-28)21-26-22-41(27-8-9-27)32-18-33(38-13-2-3-14-38)31(35)17-30(32)34(26)42;1-2/h4,6,10-12,16-19,22,27,29H,2-3,5,7-9,13-15,20-21,23H2,1H3;2H,1H3. The second-order valence-electron chi connectivity index (χ2n) is 12.3. The summed E-state index contributed by atoms with van der Waals surface area (Å²) in [5.41, 5.74) is 5.49. The molecule has 0 radical (unpaired) electrons. The summed E-state index contributed by atoms with van der Waals surface area (Å²) in [6.45, 7) is 6.86. The van der Waals surface area contributed by atoms with Crippen molar-refractivity contribution in [3.8, 4) is 0 Å². The molecule has 1 atom stereocenters. The maximum absolute atomic E-state index is 15.5. The minimum Gasteiger partial charge on any atom is -0.400 e. The number of aliphatic hydroxyl groups excluding tert-OH is 1. The number of halogens is 1. The molecule has 44 heavy (non-hydrogen) atoms. The Hall–Kier alpha value is -3.82. The van der Waals surface area contributed by atoms with Gasteiger partial charge < -0.3 is 19.5 Å². The van der Waals surface area contributed by atoms with Gasteiger partial charge in [0.1, 0.15) is 5.82 Å². The van der Waals surface area contributed by atoms with Crippen LogP contribution in [0.1, 0.15) is 61.4 Å². The second kappa shape index (κ2) is 13.4. The summed E-state index contributed by atoms with van der Waals surface area (Å²) in [5.74, 6) is -0.287. The number of benzene rings is 1. The Balaban J connectivity index is 0.00000168. The molecule has 7 rings (SSSR count). The van der Waals surface area contributed by atoms with Crippen molar-refractivity contribution in [1.82, 2.24) is 19.4 Å². The number of hydrogen-bond acceptors (Lipinski definition) is 7. The Bertz CT molecular complexity index is 1630. The van der Waals surface area contributed by atoms with Gasteiger partial charge >= 0.3 is 0 Å². The fraction of sp³-hybridized carbons (Fsp3) is 0.457. The lowest BCUT2D eigenvalue weighted by molar-refractivity contribution is 0.158. The highest BCUT2D eigenvalue weighted by atomic mass is 19.1. The molecule has 0 bridgehead atoms. The molecule has 0 amide bonds. The largest absolute Gasteiger partial charge is 0.400 e. The zero-order valence-corrected chi connectivity index (χ0v) is 25.8. The molecule has 9 heteroatoms. The van der Waals surface area contributed by atoms with Gasteiger partial charge in [-0.3, -0.25) is 19.7 Å². The van der Waals surface area contributed by atoms with Gasteiger partial charge in [0.25, 0.3) is 0 Å². The van der Waals surface area contributed by atoms with Crippen LogP contribution in [0.5, 0.6) is 0 Å². The highest BCUT2D eigenvalue weighted by molar-refractivity contribution is 5.84. The lowest BCUT2D eigenvalue weighted by Gasteiger charge is -2.40. The van der Waals surface area contributed by atoms with Crippen LogP contribution in [-0.2, 0) is 13.1 Å². The topological polar surface area (TPSA) is 77.7 Å². The van der Waals surface area contributed by atoms with E-state index < -0.39 is 0 Å². The summed E-state index contributed by atoms with van der Waals surface area (Å²) in [7, 11) is 1.00. The first-order valence-corrected chi connectivity index (χ1v) is 15.9. The number of nitrogens with zero attached hydrogens (tertiary/aromatic N) is 6. The van der Waals surface area contributed by atoms with Crippen molar-refractivity contribution in [3.05, 3.63) is 94.0 Å². The molecule has 1 saturated carbocycles. The molecule has 2 saturated heterocycles. The Labute approximate surface area is 258 Å². The predicted molar refractivity (Wildman–Crippen MR) is 174 cm³/mol. The summed E-state index contributed by atoms with van der Waals surface area (Å²) in [5, 5.41) is 7.50. The molecule has 2 aliphatic heterocycles. The number of fused-ring (bicyclic) bond motifs is 1. The van der Waals surface area contributed by atoms with E-state index in [0.717, 1.165) is 101 Å². The molecule has 5 heterocycles. The lowest BCUT2D eigenvalue weighted by atomic mass is 10.0. The number of anilines is 2. The Morgan fingerprint density at radius 1 is 0.977 bits per heavy atom. The third-order valence-corrected chi connectivity index (χ3v) is 9.21. The van der Waals surface area contributed by atoms with E-state index in [1.807, 2.05) is 37.6 Å². The first-order chi connectivity index (χ1) is 21.5. The van der Waals surface area contributed by atoms with Gasteiger partial charge in [-0.1, -0.05) is 0 Å². The van der Waals surface area contributed by atoms with Crippen LogP contribution in [0.25, 0.3) is 10.9 Å². The van der Waals surface area contributed by atoms with Gasteiger partial charge in [0, 0.05) is 93.7 Å². The van der Waals surface area contributed by atoms with Gasteiger partial charge in [-0.05, 0) is 87.4 Å². The van der Waals surface area contributed by atoms with Crippen LogP contribution >= 0.6 is 0 Å². The van der Waals surface area contributed by atoms with E-state index in [4.69, 9.17) is 5.11 Å². The van der Waals surface area contributed by atoms with Crippen LogP contribution in [0, 0.1) is 12.7 Å². The number of pyridine rings is 3. The van der Waals surface area contributed by atoms with Crippen molar-refractivity contribution in [2.75, 3.05) is 43.1 Å². The van der Waals surface area contributed by atoms with Crippen LogP contribution in [0.3, 0.4) is 0 Å². The highest BCUT2D eigenvalue weighted by Crippen LogP contribution is 2.38. The number of rotatable bonds is 8. The van der Waals surface area contributed by atoms with Gasteiger partial charge in [-0.25, -0.2) is 4.39 Å². The Morgan fingerprint density at radius 3 is 2.50 bits per heavy atom. The minimum atomic E-state index is -0.287. The summed E-state index contributed by atoms with van der Waals surface area (Å²) in [6, 6.07) is 12.4. The van der Waals surface area contributed by atoms with Crippen LogP contribution in [0.2, 0.25) is 0 Å². The monoisotopic (exact) mass is 598 g/mol. The van der Waals surface area contributed by atoms with E-state index in [0.29, 0.717) is 23.7 Å². The molecule has 3 aliphatic rings. The van der Waals surface area contributed by atoms with Gasteiger partial charge in [0.15, 0.2) is 5.43 Å². The van der Waals surface area contributed by atoms with Gasteiger partial charge in [-0.15, -0.1) is 0 Å². The summed E-state index contributed by atoms with van der Waals surface area (Å²) >= 11 is 0. The van der Waals surface area contributed by atoms with Crippen molar-refractivity contribution < 1.29 is 9.50 Å². The lowest BCUT2D eigenvalue weighted by Crippen LogP contribution is -2.48. The molecule has 3 fully saturated rings. The first kappa shape index (κ1) is 30.2. The average Bonchev–Trinajstić information content (AvgIpc) is 3.76. The molecular weight excluding hydrogens is 555 g/mol. The molecule has 232 valence electrons. The molecule has 1 unspecified atom stereocenters. The molecule has 4 aromatic rings. The number of aryl methyl sites for hydroxylation is 1. The molecular formula is C35H43FN6O2. The van der Waals surface area contributed by atoms with E-state index in [1.165, 1.54) is 11.6 Å². The molecule has 8 nitrogen and oxygen atoms in total. The van der Waals surface area contributed by atoms with Gasteiger partial charge in [0.05, 0.1) is 23.1 Å². The molecule has 0 spiro atoms. The van der Waals surface area contributed by atoms with Crippen molar-refractivity contribution in [1.29, 1.82) is 0 Å². The van der Waals surface area contributed by atoms with Crippen LogP contribution in [-0.4, -0.2) is 63.9 Å². The maximum Gasteiger partial charge on any atom is 0.193 e. The average molecular weight is 599 g/mol. The second-order valence-corrected chi connectivity index (χ2v) is 12.3. The summed E-state index contributed by atoms with van der Waals surface area (Å²) in [4.78, 5) is 29.8. The van der Waals surface area contributed by atoms with E-state index in [1.54, 1.807) is 0 Å². The van der Waals surface area contributed by atoms with Crippen molar-refractivity contribution in [2.24, 2.45) is 0 Å². The highest BCUT2D eigenvalue weighted by Gasteiger charge is 2.30. The van der Waals surface area contributed by atoms with Gasteiger partial charge in [0.2, 0.25) is 0 Å². The normalized spacial score (nSPS) is 18.5. The maximum atomic E-state index is 15.5. The number of aromatic nitrogens is 3. The van der Waals surface area contributed by atoms with Crippen molar-refractivity contribution >= 4 is 22.3 Å². The first-order valence-electron chi connectivity index (χ1n) is 15.9. The molecule has 1 N–H and O–H groups in total. The predicted octanol–water partition coefficient (Wildman–Crippen LogP) is 5.45. The quantitative estimate of drug-likeness (QED) is 0.289. The van der Waals surface area contributed by atoms with E-state index in [9.17, 15) is 4.79 Å². The SMILES string of the molecule is CO.Cc1cc(CN(Cc2cn(C3CC3)c3cc(N4CCCC4)c(F)cc3c2=O)C2CCCN(c3cccnc3)C2)ccn1. The third-order valence-electron chi connectivity index (χ3n) is 9.21. The van der Waals surface area contributed by atoms with Crippen LogP contribution in [0.15, 0.2) is 66.0 Å². The van der Waals surface area contributed by atoms with E-state index in [2.05, 4.69) is 53.6 Å². The van der Waals surface area contributed by atoms with Crippen LogP contribution < -0.4 is 15.2 Å². The number of aliphatic hydroxyl groups is 1. The minimum absolute atomic E-state index is 0.0513. The molecule has 1 aliphatic carbocycles. The van der Waals surface area contributed by atoms with E-state index >= 15 is 4.39 Å². The zero-order chi connectivity index (χ0) is 30.6. The van der Waals surface area contributed by atoms with E-state index in [-0.39, 0.29) is 17.3 Å². The van der Waals surface area contributed by atoms with Crippen molar-refractivity contribution in [2.45, 2.75) is 70.6 Å². The zero-order valence-electron chi connectivity index (χ0n) is 25.8. The summed E-state index contributed by atoms with van der Waals surface area (Å²) < 4.78 is 17.8. The molecule has 3 aromatic heterocycles. The number of piperidine rings is 1. The molecule has 1 aromatic carbocycles. The number of hydrogen-bond donors (Lipinski definition) is 1. The van der Waals surface area contributed by atoms with Gasteiger partial charge in [-0.2, -0.15) is 0 Å². The third kappa shape index (κ3) is 6.49. The Kier molecular flexibility index (Phi) is 9.23. The fourth-order valence-corrected chi connectivity index (χ4v) is 6.88. The Morgan fingerprint density at radius 2 is 1.77 bits per heavy atom. The fourth-order valence-electron chi connectivity index (χ4n) is 6.88. The summed E-state index contributed by atoms with van der Waals surface area (Å²) in [6.07, 6.45) is 14.2. The smallest absolute Gasteiger partial charge is 0.193 e.